The zero-order valence-electron chi connectivity index (χ0n) is 29.1. The molecule has 0 aromatic heterocycles. The molecule has 0 spiro atoms. The van der Waals surface area contributed by atoms with Crippen LogP contribution in [0.15, 0.2) is 99.5 Å². The highest BCUT2D eigenvalue weighted by atomic mass is 32.3. The Morgan fingerprint density at radius 1 is 0.600 bits per heavy atom. The molecule has 0 aliphatic rings. The van der Waals surface area contributed by atoms with Crippen molar-refractivity contribution < 1.29 is 93.4 Å². The van der Waals surface area contributed by atoms with Gasteiger partial charge >= 0.3 is 10.4 Å². The summed E-state index contributed by atoms with van der Waals surface area (Å²) in [4.78, 5) is -3.16. The van der Waals surface area contributed by atoms with Crippen LogP contribution in [0.4, 0.5) is 34.1 Å². The SMILES string of the molecule is Nc1c(N=Nc2ccc(S(=O)(=O)CCOS(=O)(=O)O)cc2S(=O)(=O)O)cc(S(=O)(=O)O)c(N)c1N=Nc1ccc2cc(S(=O)(=O)CCOSOOO)ccc2c1SOOO. The molecule has 4 aromatic carbocycles. The standard InChI is InChI=1S/C26H26N6O21S7/c27-23-20(31-29-18-6-3-16(12-21(18)58(39,40)41)57(37,38)10-8-49-60(45,46)47)13-22(59(42,43)44)24(28)25(23)32-30-19-5-1-14-11-15(2-4-17(14)26(19)54-52-50-33)56(35,36)9-7-48-55-53-51-34/h1-6,11-13,33-34H,7-10,27-28H2,(H,39,40,41)(H,42,43,44)(H,45,46,47). The molecule has 0 bridgehead atoms. The average molecular weight is 983 g/mol. The van der Waals surface area contributed by atoms with Gasteiger partial charge in [-0.2, -0.15) is 25.3 Å². The Morgan fingerprint density at radius 2 is 1.17 bits per heavy atom. The summed E-state index contributed by atoms with van der Waals surface area (Å²) in [6.45, 7) is -1.45. The van der Waals surface area contributed by atoms with Crippen molar-refractivity contribution in [1.82, 2.24) is 0 Å². The van der Waals surface area contributed by atoms with Gasteiger partial charge in [0.05, 0.1) is 62.8 Å². The molecule has 60 heavy (non-hydrogen) atoms. The molecule has 4 aromatic rings. The molecule has 328 valence electrons. The maximum atomic E-state index is 12.9. The summed E-state index contributed by atoms with van der Waals surface area (Å²) in [5.41, 5.74) is 8.55. The molecule has 0 atom stereocenters. The van der Waals surface area contributed by atoms with Crippen molar-refractivity contribution in [2.24, 2.45) is 20.5 Å². The van der Waals surface area contributed by atoms with E-state index in [1.54, 1.807) is 0 Å². The maximum absolute atomic E-state index is 12.9. The number of hydrogen-bond acceptors (Lipinski definition) is 26. The van der Waals surface area contributed by atoms with Gasteiger partial charge in [-0.1, -0.05) is 22.2 Å². The number of azo groups is 2. The van der Waals surface area contributed by atoms with E-state index in [4.69, 9.17) is 30.7 Å². The summed E-state index contributed by atoms with van der Waals surface area (Å²) in [5.74, 6) is -1.61. The first-order valence-corrected chi connectivity index (χ1v) is 24.0. The van der Waals surface area contributed by atoms with Crippen LogP contribution in [0.25, 0.3) is 10.8 Å². The highest BCUT2D eigenvalue weighted by molar-refractivity contribution is 7.95. The highest BCUT2D eigenvalue weighted by Crippen LogP contribution is 2.45. The summed E-state index contributed by atoms with van der Waals surface area (Å²) in [6.07, 6.45) is 0. The third-order valence-electron chi connectivity index (χ3n) is 7.24. The fourth-order valence-electron chi connectivity index (χ4n) is 4.63. The molecule has 27 nitrogen and oxygen atoms in total. The number of fused-ring (bicyclic) bond motifs is 1. The van der Waals surface area contributed by atoms with Crippen molar-refractivity contribution in [1.29, 1.82) is 0 Å². The molecule has 34 heteroatoms. The summed E-state index contributed by atoms with van der Waals surface area (Å²) in [7, 11) is -24.0. The van der Waals surface area contributed by atoms with Crippen LogP contribution in [0, 0.1) is 0 Å². The first-order chi connectivity index (χ1) is 27.9. The van der Waals surface area contributed by atoms with Gasteiger partial charge in [0.15, 0.2) is 32.0 Å². The van der Waals surface area contributed by atoms with E-state index < -0.39 is 112 Å². The number of sulfone groups is 2. The van der Waals surface area contributed by atoms with Crippen LogP contribution in [0.3, 0.4) is 0 Å². The first kappa shape index (κ1) is 48.6. The van der Waals surface area contributed by atoms with E-state index in [1.165, 1.54) is 30.3 Å². The fraction of sp³-hybridized carbons (Fsp3) is 0.154. The number of nitrogens with zero attached hydrogens (tertiary/aromatic N) is 4. The van der Waals surface area contributed by atoms with Gasteiger partial charge in [-0.05, 0) is 47.9 Å². The summed E-state index contributed by atoms with van der Waals surface area (Å²) in [6, 6.07) is 8.96. The predicted octanol–water partition coefficient (Wildman–Crippen LogP) is 4.12. The van der Waals surface area contributed by atoms with E-state index >= 15 is 0 Å². The van der Waals surface area contributed by atoms with Gasteiger partial charge in [-0.25, -0.2) is 31.5 Å². The zero-order chi connectivity index (χ0) is 44.7. The molecule has 0 radical (unpaired) electrons. The highest BCUT2D eigenvalue weighted by Gasteiger charge is 2.25. The lowest BCUT2D eigenvalue weighted by Gasteiger charge is -2.12. The number of anilines is 2. The Hall–Kier alpha value is -4.05. The van der Waals surface area contributed by atoms with E-state index in [9.17, 15) is 51.2 Å². The minimum absolute atomic E-state index is 0.00674. The lowest BCUT2D eigenvalue weighted by molar-refractivity contribution is -0.434. The fourth-order valence-corrected chi connectivity index (χ4v) is 9.51. The van der Waals surface area contributed by atoms with E-state index in [2.05, 4.69) is 43.4 Å². The summed E-state index contributed by atoms with van der Waals surface area (Å²) in [5, 5.41) is 39.7. The molecule has 0 aliphatic carbocycles. The Balaban J connectivity index is 1.78. The minimum Gasteiger partial charge on any atom is -0.396 e. The summed E-state index contributed by atoms with van der Waals surface area (Å²) >= 11 is 0.535. The Bertz CT molecular complexity index is 2900. The van der Waals surface area contributed by atoms with Gasteiger partial charge < -0.3 is 11.5 Å². The minimum atomic E-state index is -5.30. The molecule has 9 N–H and O–H groups in total. The van der Waals surface area contributed by atoms with Crippen LogP contribution in [-0.2, 0) is 77.4 Å². The topological polar surface area (TPSA) is 429 Å². The number of rotatable bonds is 21. The molecule has 0 saturated carbocycles. The second-order valence-electron chi connectivity index (χ2n) is 11.0. The smallest absolute Gasteiger partial charge is 0.396 e. The third kappa shape index (κ3) is 12.7. The van der Waals surface area contributed by atoms with Crippen molar-refractivity contribution >= 4 is 120 Å². The van der Waals surface area contributed by atoms with Gasteiger partial charge in [0, 0.05) is 5.39 Å². The largest absolute Gasteiger partial charge is 0.397 e. The summed E-state index contributed by atoms with van der Waals surface area (Å²) < 4.78 is 167. The molecule has 0 heterocycles. The van der Waals surface area contributed by atoms with Gasteiger partial charge in [-0.15, -0.1) is 29.1 Å². The van der Waals surface area contributed by atoms with E-state index in [1.807, 2.05) is 0 Å². The quantitative estimate of drug-likeness (QED) is 0.0117. The maximum Gasteiger partial charge on any atom is 0.397 e. The second-order valence-corrected chi connectivity index (χ2v) is 20.3. The molecule has 0 saturated heterocycles. The van der Waals surface area contributed by atoms with Crippen molar-refractivity contribution in [2.75, 3.05) is 36.2 Å². The number of nitrogens with two attached hydrogens (primary N) is 2. The van der Waals surface area contributed by atoms with Gasteiger partial charge in [0.25, 0.3) is 20.2 Å². The Morgan fingerprint density at radius 3 is 1.78 bits per heavy atom. The molecule has 4 rings (SSSR count). The van der Waals surface area contributed by atoms with Crippen molar-refractivity contribution in [2.45, 2.75) is 24.5 Å². The molecular weight excluding hydrogens is 957 g/mol. The van der Waals surface area contributed by atoms with Crippen molar-refractivity contribution in [3.63, 3.8) is 0 Å². The third-order valence-corrected chi connectivity index (χ3v) is 13.9. The molecule has 0 amide bonds. The lowest BCUT2D eigenvalue weighted by Crippen LogP contribution is -2.16. The lowest BCUT2D eigenvalue weighted by atomic mass is 10.1. The average Bonchev–Trinajstić information content (AvgIpc) is 3.15. The van der Waals surface area contributed by atoms with Crippen molar-refractivity contribution in [3.05, 3.63) is 54.6 Å². The Labute approximate surface area is 346 Å². The van der Waals surface area contributed by atoms with E-state index in [0.29, 0.717) is 24.2 Å². The molecular formula is C26H26N6O21S7. The van der Waals surface area contributed by atoms with Crippen LogP contribution in [0.2, 0.25) is 0 Å². The van der Waals surface area contributed by atoms with Crippen LogP contribution < -0.4 is 11.5 Å². The zero-order valence-corrected chi connectivity index (χ0v) is 34.8. The van der Waals surface area contributed by atoms with Gasteiger partial charge in [-0.3, -0.25) is 17.8 Å². The number of benzene rings is 4. The number of nitrogen functional groups attached to an aromatic ring is 2. The Kier molecular flexibility index (Phi) is 16.0. The molecule has 0 aliphatic heterocycles. The molecule has 0 unspecified atom stereocenters. The van der Waals surface area contributed by atoms with Gasteiger partial charge in [0.1, 0.15) is 32.5 Å². The monoisotopic (exact) mass is 982 g/mol. The first-order valence-electron chi connectivity index (χ1n) is 15.1. The second kappa shape index (κ2) is 19.8. The van der Waals surface area contributed by atoms with Crippen molar-refractivity contribution in [3.8, 4) is 0 Å². The predicted molar refractivity (Wildman–Crippen MR) is 204 cm³/mol. The van der Waals surface area contributed by atoms with E-state index in [0.717, 1.165) is 12.1 Å². The van der Waals surface area contributed by atoms with Crippen LogP contribution in [0.1, 0.15) is 0 Å². The van der Waals surface area contributed by atoms with Gasteiger partial charge in [0.2, 0.25) is 0 Å². The number of hydrogen-bond donors (Lipinski definition) is 7. The van der Waals surface area contributed by atoms with Crippen LogP contribution in [0.5, 0.6) is 0 Å². The van der Waals surface area contributed by atoms with Crippen LogP contribution >= 0.6 is 24.4 Å². The normalized spacial score (nSPS) is 13.2. The van der Waals surface area contributed by atoms with Crippen LogP contribution in [-0.4, -0.2) is 91.0 Å². The molecule has 0 fully saturated rings. The van der Waals surface area contributed by atoms with E-state index in [-0.39, 0.29) is 45.2 Å².